The third-order valence-corrected chi connectivity index (χ3v) is 2.60. The fourth-order valence-corrected chi connectivity index (χ4v) is 1.51. The fraction of sp³-hybridized carbons (Fsp3) is 1.00. The minimum absolute atomic E-state index is 0.441. The second-order valence-electron chi connectivity index (χ2n) is 2.74. The fourth-order valence-electron chi connectivity index (χ4n) is 0.639. The maximum atomic E-state index is 10.6. The molecule has 0 spiro atoms. The molecule has 0 aromatic rings. The Morgan fingerprint density at radius 2 is 2.00 bits per heavy atom. The number of hydrogen-bond acceptors (Lipinski definition) is 1. The van der Waals surface area contributed by atoms with Crippen LogP contribution in [-0.4, -0.2) is 11.2 Å². The smallest absolute Gasteiger partial charge is 0.135 e. The first-order valence-corrected chi connectivity index (χ1v) is 4.99. The van der Waals surface area contributed by atoms with E-state index in [-0.39, 0.29) is 0 Å². The van der Waals surface area contributed by atoms with E-state index in [1.165, 1.54) is 24.6 Å². The zero-order valence-electron chi connectivity index (χ0n) is 7.09. The van der Waals surface area contributed by atoms with Crippen LogP contribution in [0.3, 0.4) is 0 Å². The lowest BCUT2D eigenvalue weighted by molar-refractivity contribution is 0.181. The Balaban J connectivity index is 3.03. The van der Waals surface area contributed by atoms with Crippen molar-refractivity contribution in [2.24, 2.45) is 5.92 Å². The molecule has 0 bridgehead atoms. The van der Waals surface area contributed by atoms with E-state index in [0.29, 0.717) is 0 Å². The molecular weight excluding hydrogens is 144 g/mol. The Morgan fingerprint density at radius 3 is 2.40 bits per heavy atom. The van der Waals surface area contributed by atoms with Gasteiger partial charge in [-0.1, -0.05) is 20.3 Å². The van der Waals surface area contributed by atoms with Crippen molar-refractivity contribution in [3.63, 3.8) is 0 Å². The minimum atomic E-state index is -0.441. The van der Waals surface area contributed by atoms with E-state index < -0.39 is 5.44 Å². The van der Waals surface area contributed by atoms with Gasteiger partial charge in [-0.2, -0.15) is 0 Å². The van der Waals surface area contributed by atoms with Gasteiger partial charge in [0.15, 0.2) is 0 Å². The summed E-state index contributed by atoms with van der Waals surface area (Å²) in [6.07, 6.45) is 2.42. The molecule has 0 aromatic heterocycles. The molecule has 1 nitrogen and oxygen atoms in total. The Bertz CT molecular complexity index is 73.7. The topological polar surface area (TPSA) is 19.9 Å². The zero-order valence-corrected chi connectivity index (χ0v) is 7.91. The molecule has 0 fully saturated rings. The molecule has 2 atom stereocenters. The SMILES string of the molecule is CCC(C)CCSC(C)[O]. The van der Waals surface area contributed by atoms with Crippen LogP contribution in [0.1, 0.15) is 33.6 Å². The lowest BCUT2D eigenvalue weighted by Gasteiger charge is -2.07. The highest BCUT2D eigenvalue weighted by Crippen LogP contribution is 2.14. The Labute approximate surface area is 68.2 Å². The normalized spacial score (nSPS) is 16.8. The molecule has 2 heteroatoms. The standard InChI is InChI=1S/C8H17OS/c1-4-7(2)5-6-10-8(3)9/h7-8H,4-6H2,1-3H3. The first-order valence-electron chi connectivity index (χ1n) is 3.94. The molecule has 61 valence electrons. The van der Waals surface area contributed by atoms with Gasteiger partial charge in [-0.05, 0) is 25.0 Å². The van der Waals surface area contributed by atoms with Crippen molar-refractivity contribution in [1.29, 1.82) is 0 Å². The molecule has 0 saturated heterocycles. The van der Waals surface area contributed by atoms with Gasteiger partial charge in [0.25, 0.3) is 0 Å². The van der Waals surface area contributed by atoms with Crippen LogP contribution >= 0.6 is 11.8 Å². The highest BCUT2D eigenvalue weighted by atomic mass is 32.2. The summed E-state index contributed by atoms with van der Waals surface area (Å²) >= 11 is 1.52. The average molecular weight is 161 g/mol. The van der Waals surface area contributed by atoms with Crippen molar-refractivity contribution in [2.75, 3.05) is 5.75 Å². The molecule has 0 rings (SSSR count). The van der Waals surface area contributed by atoms with Crippen molar-refractivity contribution in [3.8, 4) is 0 Å². The summed E-state index contributed by atoms with van der Waals surface area (Å²) in [4.78, 5) is 0. The van der Waals surface area contributed by atoms with Crippen molar-refractivity contribution in [3.05, 3.63) is 0 Å². The average Bonchev–Trinajstić information content (AvgIpc) is 1.87. The number of thioether (sulfide) groups is 1. The maximum Gasteiger partial charge on any atom is 0.135 e. The van der Waals surface area contributed by atoms with E-state index in [0.717, 1.165) is 11.7 Å². The first-order chi connectivity index (χ1) is 4.66. The van der Waals surface area contributed by atoms with Crippen molar-refractivity contribution in [2.45, 2.75) is 39.0 Å². The first kappa shape index (κ1) is 10.3. The summed E-state index contributed by atoms with van der Waals surface area (Å²) in [6.45, 7) is 6.13. The molecule has 0 aliphatic rings. The van der Waals surface area contributed by atoms with Crippen LogP contribution in [0.4, 0.5) is 0 Å². The lowest BCUT2D eigenvalue weighted by Crippen LogP contribution is -1.97. The van der Waals surface area contributed by atoms with Gasteiger partial charge in [0.1, 0.15) is 5.44 Å². The van der Waals surface area contributed by atoms with Crippen LogP contribution < -0.4 is 0 Å². The molecule has 0 amide bonds. The summed E-state index contributed by atoms with van der Waals surface area (Å²) in [6, 6.07) is 0. The van der Waals surface area contributed by atoms with Gasteiger partial charge >= 0.3 is 0 Å². The number of rotatable bonds is 5. The van der Waals surface area contributed by atoms with E-state index >= 15 is 0 Å². The number of hydrogen-bond donors (Lipinski definition) is 0. The predicted octanol–water partition coefficient (Wildman–Crippen LogP) is 2.93. The molecule has 0 N–H and O–H groups in total. The van der Waals surface area contributed by atoms with Gasteiger partial charge in [-0.25, -0.2) is 5.11 Å². The van der Waals surface area contributed by atoms with Crippen LogP contribution in [0, 0.1) is 5.92 Å². The van der Waals surface area contributed by atoms with E-state index in [9.17, 15) is 5.11 Å². The highest BCUT2D eigenvalue weighted by Gasteiger charge is 2.01. The molecule has 2 unspecified atom stereocenters. The van der Waals surface area contributed by atoms with Gasteiger partial charge in [0.05, 0.1) is 0 Å². The van der Waals surface area contributed by atoms with Crippen molar-refractivity contribution >= 4 is 11.8 Å². The lowest BCUT2D eigenvalue weighted by atomic mass is 10.1. The van der Waals surface area contributed by atoms with Crippen molar-refractivity contribution < 1.29 is 5.11 Å². The molecule has 1 radical (unpaired) electrons. The van der Waals surface area contributed by atoms with Crippen LogP contribution in [0.15, 0.2) is 0 Å². The summed E-state index contributed by atoms with van der Waals surface area (Å²) in [7, 11) is 0. The zero-order chi connectivity index (χ0) is 7.98. The van der Waals surface area contributed by atoms with E-state index in [1.807, 2.05) is 0 Å². The molecule has 0 saturated carbocycles. The summed E-state index contributed by atoms with van der Waals surface area (Å²) in [5.41, 5.74) is -0.441. The highest BCUT2D eigenvalue weighted by molar-refractivity contribution is 7.99. The monoisotopic (exact) mass is 161 g/mol. The van der Waals surface area contributed by atoms with E-state index in [2.05, 4.69) is 13.8 Å². The Kier molecular flexibility index (Phi) is 6.24. The summed E-state index contributed by atoms with van der Waals surface area (Å²) in [5.74, 6) is 1.81. The largest absolute Gasteiger partial charge is 0.222 e. The molecule has 0 aromatic carbocycles. The second-order valence-corrected chi connectivity index (χ2v) is 4.15. The van der Waals surface area contributed by atoms with Gasteiger partial charge < -0.3 is 0 Å². The molecule has 0 heterocycles. The third-order valence-electron chi connectivity index (χ3n) is 1.66. The summed E-state index contributed by atoms with van der Waals surface area (Å²) < 4.78 is 0. The van der Waals surface area contributed by atoms with Gasteiger partial charge in [0, 0.05) is 0 Å². The molecule has 10 heavy (non-hydrogen) atoms. The molecule has 0 aliphatic heterocycles. The van der Waals surface area contributed by atoms with Crippen LogP contribution in [-0.2, 0) is 5.11 Å². The van der Waals surface area contributed by atoms with Crippen molar-refractivity contribution in [1.82, 2.24) is 0 Å². The van der Waals surface area contributed by atoms with E-state index in [4.69, 9.17) is 0 Å². The third kappa shape index (κ3) is 6.43. The Morgan fingerprint density at radius 1 is 1.40 bits per heavy atom. The second kappa shape index (κ2) is 6.05. The quantitative estimate of drug-likeness (QED) is 0.568. The molecule has 0 aliphatic carbocycles. The van der Waals surface area contributed by atoms with Crippen LogP contribution in [0.2, 0.25) is 0 Å². The van der Waals surface area contributed by atoms with Crippen LogP contribution in [0.25, 0.3) is 0 Å². The van der Waals surface area contributed by atoms with Gasteiger partial charge in [-0.3, -0.25) is 0 Å². The Hall–Kier alpha value is 0.310. The van der Waals surface area contributed by atoms with Crippen LogP contribution in [0.5, 0.6) is 0 Å². The predicted molar refractivity (Wildman–Crippen MR) is 46.7 cm³/mol. The minimum Gasteiger partial charge on any atom is -0.222 e. The van der Waals surface area contributed by atoms with Gasteiger partial charge in [-0.15, -0.1) is 11.8 Å². The molecular formula is C8H17OS. The van der Waals surface area contributed by atoms with Gasteiger partial charge in [0.2, 0.25) is 0 Å². The maximum absolute atomic E-state index is 10.6. The van der Waals surface area contributed by atoms with E-state index in [1.54, 1.807) is 6.92 Å². The summed E-state index contributed by atoms with van der Waals surface area (Å²) in [5, 5.41) is 10.6.